The molecule has 1 heterocycles. The van der Waals surface area contributed by atoms with E-state index in [-0.39, 0.29) is 5.78 Å². The van der Waals surface area contributed by atoms with E-state index < -0.39 is 0 Å². The molecule has 0 unspecified atom stereocenters. The van der Waals surface area contributed by atoms with E-state index in [0.29, 0.717) is 28.3 Å². The summed E-state index contributed by atoms with van der Waals surface area (Å²) in [5.74, 6) is 1.06. The molecule has 4 nitrogen and oxygen atoms in total. The summed E-state index contributed by atoms with van der Waals surface area (Å²) >= 11 is 0. The number of ether oxygens (including phenoxy) is 2. The number of hydrogen-bond acceptors (Lipinski definition) is 4. The Labute approximate surface area is 112 Å². The van der Waals surface area contributed by atoms with Crippen molar-refractivity contribution in [3.63, 3.8) is 0 Å². The van der Waals surface area contributed by atoms with Gasteiger partial charge < -0.3 is 9.47 Å². The quantitative estimate of drug-likeness (QED) is 0.790. The first-order chi connectivity index (χ1) is 9.17. The molecule has 0 aliphatic rings. The average Bonchev–Trinajstić information content (AvgIpc) is 2.46. The number of rotatable bonds is 4. The van der Waals surface area contributed by atoms with Gasteiger partial charge in [0.05, 0.1) is 14.2 Å². The predicted octanol–water partition coefficient (Wildman–Crippen LogP) is 2.64. The van der Waals surface area contributed by atoms with Gasteiger partial charge in [-0.15, -0.1) is 0 Å². The standard InChI is InChI=1S/C15H15NO3/c1-10-12(5-4-8-16-10)15(17)11-6-7-13(18-2)14(9-11)19-3/h4-9H,1-3H3. The van der Waals surface area contributed by atoms with Crippen molar-refractivity contribution in [3.8, 4) is 11.5 Å². The van der Waals surface area contributed by atoms with Crippen LogP contribution in [0.3, 0.4) is 0 Å². The zero-order valence-electron chi connectivity index (χ0n) is 11.1. The minimum atomic E-state index is -0.0773. The molecule has 19 heavy (non-hydrogen) atoms. The highest BCUT2D eigenvalue weighted by molar-refractivity contribution is 6.09. The third-order valence-electron chi connectivity index (χ3n) is 2.90. The van der Waals surface area contributed by atoms with E-state index >= 15 is 0 Å². The minimum absolute atomic E-state index is 0.0773. The maximum absolute atomic E-state index is 12.4. The maximum atomic E-state index is 12.4. The summed E-state index contributed by atoms with van der Waals surface area (Å²) in [6.45, 7) is 1.81. The lowest BCUT2D eigenvalue weighted by Crippen LogP contribution is -2.05. The topological polar surface area (TPSA) is 48.4 Å². The predicted molar refractivity (Wildman–Crippen MR) is 72.0 cm³/mol. The van der Waals surface area contributed by atoms with Crippen molar-refractivity contribution in [1.29, 1.82) is 0 Å². The Morgan fingerprint density at radius 2 is 1.84 bits per heavy atom. The minimum Gasteiger partial charge on any atom is -0.493 e. The van der Waals surface area contributed by atoms with Gasteiger partial charge >= 0.3 is 0 Å². The zero-order valence-corrected chi connectivity index (χ0v) is 11.1. The van der Waals surface area contributed by atoms with Crippen LogP contribution in [0, 0.1) is 6.92 Å². The number of carbonyl (C=O) groups excluding carboxylic acids is 1. The Hall–Kier alpha value is -2.36. The molecule has 0 amide bonds. The number of aryl methyl sites for hydroxylation is 1. The molecule has 2 rings (SSSR count). The number of carbonyl (C=O) groups is 1. The summed E-state index contributed by atoms with van der Waals surface area (Å²) in [6, 6.07) is 8.63. The molecule has 0 radical (unpaired) electrons. The third-order valence-corrected chi connectivity index (χ3v) is 2.90. The van der Waals surface area contributed by atoms with Crippen LogP contribution in [0.1, 0.15) is 21.6 Å². The van der Waals surface area contributed by atoms with E-state index in [9.17, 15) is 4.79 Å². The first-order valence-corrected chi connectivity index (χ1v) is 5.85. The van der Waals surface area contributed by atoms with Gasteiger partial charge in [0, 0.05) is 23.0 Å². The number of hydrogen-bond donors (Lipinski definition) is 0. The van der Waals surface area contributed by atoms with Gasteiger partial charge in [0.15, 0.2) is 17.3 Å². The van der Waals surface area contributed by atoms with Gasteiger partial charge in [-0.1, -0.05) is 0 Å². The second-order valence-electron chi connectivity index (χ2n) is 4.04. The molecule has 2 aromatic rings. The van der Waals surface area contributed by atoms with Crippen LogP contribution < -0.4 is 9.47 Å². The Morgan fingerprint density at radius 3 is 2.47 bits per heavy atom. The molecule has 98 valence electrons. The summed E-state index contributed by atoms with van der Waals surface area (Å²) < 4.78 is 10.4. The average molecular weight is 257 g/mol. The summed E-state index contributed by atoms with van der Waals surface area (Å²) in [6.07, 6.45) is 1.67. The molecule has 0 atom stereocenters. The Balaban J connectivity index is 2.42. The van der Waals surface area contributed by atoms with Gasteiger partial charge in [0.2, 0.25) is 0 Å². The van der Waals surface area contributed by atoms with Crippen LogP contribution >= 0.6 is 0 Å². The zero-order chi connectivity index (χ0) is 13.8. The van der Waals surface area contributed by atoms with Crippen molar-refractivity contribution < 1.29 is 14.3 Å². The lowest BCUT2D eigenvalue weighted by atomic mass is 10.0. The molecule has 0 N–H and O–H groups in total. The molecule has 0 spiro atoms. The summed E-state index contributed by atoms with van der Waals surface area (Å²) in [5, 5.41) is 0. The number of pyridine rings is 1. The van der Waals surface area contributed by atoms with E-state index in [1.54, 1.807) is 50.7 Å². The Morgan fingerprint density at radius 1 is 1.11 bits per heavy atom. The van der Waals surface area contributed by atoms with Gasteiger partial charge in [-0.2, -0.15) is 0 Å². The van der Waals surface area contributed by atoms with E-state index in [1.807, 2.05) is 6.92 Å². The number of ketones is 1. The van der Waals surface area contributed by atoms with Crippen molar-refractivity contribution in [2.24, 2.45) is 0 Å². The van der Waals surface area contributed by atoms with Gasteiger partial charge in [0.25, 0.3) is 0 Å². The van der Waals surface area contributed by atoms with Crippen molar-refractivity contribution in [2.75, 3.05) is 14.2 Å². The molecular weight excluding hydrogens is 242 g/mol. The molecule has 0 aliphatic carbocycles. The number of aromatic nitrogens is 1. The lowest BCUT2D eigenvalue weighted by Gasteiger charge is -2.09. The van der Waals surface area contributed by atoms with Crippen LogP contribution in [-0.2, 0) is 0 Å². The fraction of sp³-hybridized carbons (Fsp3) is 0.200. The van der Waals surface area contributed by atoms with E-state index in [0.717, 1.165) is 0 Å². The third kappa shape index (κ3) is 2.57. The van der Waals surface area contributed by atoms with E-state index in [2.05, 4.69) is 4.98 Å². The van der Waals surface area contributed by atoms with Gasteiger partial charge in [-0.3, -0.25) is 9.78 Å². The lowest BCUT2D eigenvalue weighted by molar-refractivity contribution is 0.103. The normalized spacial score (nSPS) is 10.1. The van der Waals surface area contributed by atoms with Gasteiger partial charge in [-0.25, -0.2) is 0 Å². The first-order valence-electron chi connectivity index (χ1n) is 5.85. The smallest absolute Gasteiger partial charge is 0.194 e. The number of methoxy groups -OCH3 is 2. The molecule has 0 saturated carbocycles. The SMILES string of the molecule is COc1ccc(C(=O)c2cccnc2C)cc1OC. The van der Waals surface area contributed by atoms with Crippen molar-refractivity contribution >= 4 is 5.78 Å². The van der Waals surface area contributed by atoms with Crippen LogP contribution in [0.4, 0.5) is 0 Å². The molecule has 0 fully saturated rings. The first kappa shape index (κ1) is 13.1. The van der Waals surface area contributed by atoms with Crippen LogP contribution in [0.15, 0.2) is 36.5 Å². The molecular formula is C15H15NO3. The fourth-order valence-electron chi connectivity index (χ4n) is 1.86. The van der Waals surface area contributed by atoms with Crippen LogP contribution in [0.25, 0.3) is 0 Å². The second-order valence-corrected chi connectivity index (χ2v) is 4.04. The summed E-state index contributed by atoms with van der Waals surface area (Å²) in [4.78, 5) is 16.5. The van der Waals surface area contributed by atoms with E-state index in [4.69, 9.17) is 9.47 Å². The molecule has 0 aliphatic heterocycles. The molecule has 0 saturated heterocycles. The molecule has 4 heteroatoms. The van der Waals surface area contributed by atoms with Gasteiger partial charge in [-0.05, 0) is 37.3 Å². The highest BCUT2D eigenvalue weighted by atomic mass is 16.5. The van der Waals surface area contributed by atoms with Gasteiger partial charge in [0.1, 0.15) is 0 Å². The van der Waals surface area contributed by atoms with Crippen molar-refractivity contribution in [2.45, 2.75) is 6.92 Å². The number of nitrogens with zero attached hydrogens (tertiary/aromatic N) is 1. The van der Waals surface area contributed by atoms with Crippen molar-refractivity contribution in [3.05, 3.63) is 53.3 Å². The van der Waals surface area contributed by atoms with Crippen LogP contribution in [0.5, 0.6) is 11.5 Å². The molecule has 1 aromatic carbocycles. The van der Waals surface area contributed by atoms with Crippen molar-refractivity contribution in [1.82, 2.24) is 4.98 Å². The largest absolute Gasteiger partial charge is 0.493 e. The molecule has 0 bridgehead atoms. The Bertz CT molecular complexity index is 608. The highest BCUT2D eigenvalue weighted by Gasteiger charge is 2.14. The van der Waals surface area contributed by atoms with Crippen LogP contribution in [0.2, 0.25) is 0 Å². The maximum Gasteiger partial charge on any atom is 0.194 e. The number of benzene rings is 1. The monoisotopic (exact) mass is 257 g/mol. The van der Waals surface area contributed by atoms with E-state index in [1.165, 1.54) is 0 Å². The second kappa shape index (κ2) is 5.52. The fourth-order valence-corrected chi connectivity index (χ4v) is 1.86. The summed E-state index contributed by atoms with van der Waals surface area (Å²) in [5.41, 5.74) is 1.85. The summed E-state index contributed by atoms with van der Waals surface area (Å²) in [7, 11) is 3.10. The molecule has 1 aromatic heterocycles. The van der Waals surface area contributed by atoms with Crippen LogP contribution in [-0.4, -0.2) is 25.0 Å². The highest BCUT2D eigenvalue weighted by Crippen LogP contribution is 2.28. The Kier molecular flexibility index (Phi) is 3.80.